The van der Waals surface area contributed by atoms with E-state index in [0.29, 0.717) is 18.9 Å². The Labute approximate surface area is 127 Å². The largest absolute Gasteiger partial charge is 0.486 e. The lowest BCUT2D eigenvalue weighted by atomic mass is 10.0. The molecule has 116 valence electrons. The molecule has 0 bridgehead atoms. The molecule has 4 heteroatoms. The van der Waals surface area contributed by atoms with Crippen molar-refractivity contribution in [2.75, 3.05) is 31.6 Å². The van der Waals surface area contributed by atoms with Gasteiger partial charge in [0.25, 0.3) is 0 Å². The minimum absolute atomic E-state index is 0.175. The Morgan fingerprint density at radius 1 is 1.48 bits per heavy atom. The van der Waals surface area contributed by atoms with Crippen LogP contribution in [0.2, 0.25) is 0 Å². The highest BCUT2D eigenvalue weighted by Gasteiger charge is 2.27. The number of likely N-dealkylation sites (N-methyl/N-ethyl adjacent to an activating group) is 1. The van der Waals surface area contributed by atoms with Gasteiger partial charge >= 0.3 is 0 Å². The van der Waals surface area contributed by atoms with E-state index < -0.39 is 0 Å². The monoisotopic (exact) mass is 290 g/mol. The SMILES string of the molecule is CCN1CC(C(C)C)Oc2ccc(C(=O)CCNC)cc21. The lowest BCUT2D eigenvalue weighted by molar-refractivity contribution is 0.0983. The van der Waals surface area contributed by atoms with Crippen LogP contribution in [0.25, 0.3) is 0 Å². The minimum Gasteiger partial charge on any atom is -0.486 e. The Morgan fingerprint density at radius 2 is 2.24 bits per heavy atom. The van der Waals surface area contributed by atoms with Crippen LogP contribution in [0.3, 0.4) is 0 Å². The fourth-order valence-corrected chi connectivity index (χ4v) is 2.58. The summed E-state index contributed by atoms with van der Waals surface area (Å²) >= 11 is 0. The summed E-state index contributed by atoms with van der Waals surface area (Å²) in [7, 11) is 1.86. The van der Waals surface area contributed by atoms with Crippen molar-refractivity contribution in [1.29, 1.82) is 0 Å². The Kier molecular flexibility index (Phi) is 5.23. The molecule has 1 unspecified atom stereocenters. The molecule has 1 aliphatic rings. The van der Waals surface area contributed by atoms with Crippen molar-refractivity contribution in [3.63, 3.8) is 0 Å². The predicted molar refractivity (Wildman–Crippen MR) is 86.5 cm³/mol. The minimum atomic E-state index is 0.175. The number of hydrogen-bond donors (Lipinski definition) is 1. The van der Waals surface area contributed by atoms with Crippen molar-refractivity contribution in [3.8, 4) is 5.75 Å². The van der Waals surface area contributed by atoms with Crippen LogP contribution in [0.1, 0.15) is 37.6 Å². The lowest BCUT2D eigenvalue weighted by Gasteiger charge is -2.37. The van der Waals surface area contributed by atoms with Crippen molar-refractivity contribution >= 4 is 11.5 Å². The molecule has 1 heterocycles. The second-order valence-corrected chi connectivity index (χ2v) is 5.90. The molecule has 0 saturated carbocycles. The summed E-state index contributed by atoms with van der Waals surface area (Å²) in [6.07, 6.45) is 0.736. The maximum Gasteiger partial charge on any atom is 0.164 e. The molecule has 1 atom stereocenters. The number of anilines is 1. The van der Waals surface area contributed by atoms with Gasteiger partial charge in [-0.3, -0.25) is 4.79 Å². The highest BCUT2D eigenvalue weighted by molar-refractivity contribution is 5.97. The van der Waals surface area contributed by atoms with Gasteiger partial charge in [-0.1, -0.05) is 13.8 Å². The first-order chi connectivity index (χ1) is 10.1. The number of ether oxygens (including phenoxy) is 1. The second kappa shape index (κ2) is 6.94. The van der Waals surface area contributed by atoms with Crippen LogP contribution in [-0.4, -0.2) is 38.6 Å². The summed E-state index contributed by atoms with van der Waals surface area (Å²) in [4.78, 5) is 14.5. The molecule has 1 aliphatic heterocycles. The van der Waals surface area contributed by atoms with Gasteiger partial charge in [0.15, 0.2) is 5.78 Å². The van der Waals surface area contributed by atoms with Gasteiger partial charge < -0.3 is 15.0 Å². The van der Waals surface area contributed by atoms with Gasteiger partial charge in [0.05, 0.1) is 12.2 Å². The Morgan fingerprint density at radius 3 is 2.86 bits per heavy atom. The van der Waals surface area contributed by atoms with Crippen molar-refractivity contribution in [2.45, 2.75) is 33.3 Å². The zero-order chi connectivity index (χ0) is 15.4. The highest BCUT2D eigenvalue weighted by atomic mass is 16.5. The normalized spacial score (nSPS) is 17.6. The molecular formula is C17H26N2O2. The van der Waals surface area contributed by atoms with Gasteiger partial charge in [-0.2, -0.15) is 0 Å². The van der Waals surface area contributed by atoms with Crippen molar-refractivity contribution < 1.29 is 9.53 Å². The number of nitrogens with one attached hydrogen (secondary N) is 1. The Balaban J connectivity index is 2.24. The highest BCUT2D eigenvalue weighted by Crippen LogP contribution is 2.35. The Bertz CT molecular complexity index is 500. The van der Waals surface area contributed by atoms with Crippen molar-refractivity contribution in [3.05, 3.63) is 23.8 Å². The number of carbonyl (C=O) groups excluding carboxylic acids is 1. The van der Waals surface area contributed by atoms with E-state index in [-0.39, 0.29) is 11.9 Å². The van der Waals surface area contributed by atoms with Crippen LogP contribution in [0.4, 0.5) is 5.69 Å². The van der Waals surface area contributed by atoms with E-state index in [1.807, 2.05) is 25.2 Å². The fraction of sp³-hybridized carbons (Fsp3) is 0.588. The third-order valence-corrected chi connectivity index (χ3v) is 4.03. The van der Waals surface area contributed by atoms with Gasteiger partial charge in [0.2, 0.25) is 0 Å². The molecule has 0 spiro atoms. The second-order valence-electron chi connectivity index (χ2n) is 5.90. The first-order valence-electron chi connectivity index (χ1n) is 7.80. The van der Waals surface area contributed by atoms with E-state index in [2.05, 4.69) is 31.0 Å². The van der Waals surface area contributed by atoms with E-state index in [1.165, 1.54) is 0 Å². The predicted octanol–water partition coefficient (Wildman–Crippen LogP) is 2.72. The van der Waals surface area contributed by atoms with E-state index >= 15 is 0 Å². The summed E-state index contributed by atoms with van der Waals surface area (Å²) in [6.45, 7) is 9.02. The maximum atomic E-state index is 12.2. The average molecular weight is 290 g/mol. The first kappa shape index (κ1) is 15.8. The van der Waals surface area contributed by atoms with Crippen LogP contribution in [0, 0.1) is 5.92 Å². The molecule has 0 saturated heterocycles. The number of fused-ring (bicyclic) bond motifs is 1. The van der Waals surface area contributed by atoms with Crippen LogP contribution in [0.5, 0.6) is 5.75 Å². The molecular weight excluding hydrogens is 264 g/mol. The van der Waals surface area contributed by atoms with E-state index in [0.717, 1.165) is 30.1 Å². The molecule has 0 aromatic heterocycles. The van der Waals surface area contributed by atoms with Crippen molar-refractivity contribution in [1.82, 2.24) is 5.32 Å². The van der Waals surface area contributed by atoms with Crippen LogP contribution >= 0.6 is 0 Å². The number of carbonyl (C=O) groups is 1. The summed E-state index contributed by atoms with van der Waals surface area (Å²) in [5, 5.41) is 3.01. The topological polar surface area (TPSA) is 41.6 Å². The van der Waals surface area contributed by atoms with Gasteiger partial charge in [0.1, 0.15) is 11.9 Å². The summed E-state index contributed by atoms with van der Waals surface area (Å²) in [5.41, 5.74) is 1.82. The molecule has 0 fully saturated rings. The number of hydrogen-bond acceptors (Lipinski definition) is 4. The third-order valence-electron chi connectivity index (χ3n) is 4.03. The lowest BCUT2D eigenvalue weighted by Crippen LogP contribution is -2.42. The van der Waals surface area contributed by atoms with Gasteiger partial charge in [-0.25, -0.2) is 0 Å². The molecule has 0 aliphatic carbocycles. The van der Waals surface area contributed by atoms with E-state index in [9.17, 15) is 4.79 Å². The smallest absolute Gasteiger partial charge is 0.164 e. The van der Waals surface area contributed by atoms with Crippen LogP contribution in [-0.2, 0) is 0 Å². The standard InChI is InChI=1S/C17H26N2O2/c1-5-19-11-17(12(2)3)21-16-7-6-13(10-14(16)19)15(20)8-9-18-4/h6-7,10,12,17-18H,5,8-9,11H2,1-4H3. The summed E-state index contributed by atoms with van der Waals surface area (Å²) in [5.74, 6) is 1.55. The number of nitrogens with zero attached hydrogens (tertiary/aromatic N) is 1. The average Bonchev–Trinajstić information content (AvgIpc) is 2.50. The maximum absolute atomic E-state index is 12.2. The van der Waals surface area contributed by atoms with Crippen LogP contribution < -0.4 is 15.0 Å². The summed E-state index contributed by atoms with van der Waals surface area (Å²) < 4.78 is 6.08. The number of ketones is 1. The van der Waals surface area contributed by atoms with Crippen molar-refractivity contribution in [2.24, 2.45) is 5.92 Å². The molecule has 2 rings (SSSR count). The zero-order valence-corrected chi connectivity index (χ0v) is 13.5. The quantitative estimate of drug-likeness (QED) is 0.818. The molecule has 1 N–H and O–H groups in total. The number of rotatable bonds is 6. The first-order valence-corrected chi connectivity index (χ1v) is 7.80. The number of benzene rings is 1. The molecule has 4 nitrogen and oxygen atoms in total. The van der Waals surface area contributed by atoms with E-state index in [1.54, 1.807) is 0 Å². The Hall–Kier alpha value is -1.55. The third kappa shape index (κ3) is 3.56. The van der Waals surface area contributed by atoms with Gasteiger partial charge in [-0.05, 0) is 38.1 Å². The molecule has 21 heavy (non-hydrogen) atoms. The molecule has 1 aromatic rings. The molecule has 1 aromatic carbocycles. The fourth-order valence-electron chi connectivity index (χ4n) is 2.58. The van der Waals surface area contributed by atoms with Gasteiger partial charge in [0, 0.05) is 25.1 Å². The number of Topliss-reactive ketones (excluding diaryl/α,β-unsaturated/α-hetero) is 1. The van der Waals surface area contributed by atoms with Crippen LogP contribution in [0.15, 0.2) is 18.2 Å². The van der Waals surface area contributed by atoms with E-state index in [4.69, 9.17) is 4.74 Å². The zero-order valence-electron chi connectivity index (χ0n) is 13.5. The molecule has 0 amide bonds. The summed E-state index contributed by atoms with van der Waals surface area (Å²) in [6, 6.07) is 5.81. The molecule has 0 radical (unpaired) electrons. The van der Waals surface area contributed by atoms with Gasteiger partial charge in [-0.15, -0.1) is 0 Å².